The number of nitrogens with zero attached hydrogens (tertiary/aromatic N) is 3. The van der Waals surface area contributed by atoms with Crippen molar-refractivity contribution < 1.29 is 24.6 Å². The molecule has 4 rings (SSSR count). The Morgan fingerprint density at radius 1 is 0.921 bits per heavy atom. The minimum atomic E-state index is -1.08. The van der Waals surface area contributed by atoms with Gasteiger partial charge in [-0.3, -0.25) is 19.4 Å². The summed E-state index contributed by atoms with van der Waals surface area (Å²) in [5, 5.41) is 31.6. The number of anilines is 2. The van der Waals surface area contributed by atoms with Gasteiger partial charge in [-0.1, -0.05) is 25.0 Å². The van der Waals surface area contributed by atoms with E-state index in [0.29, 0.717) is 23.6 Å². The van der Waals surface area contributed by atoms with Gasteiger partial charge in [0.25, 0.3) is 5.91 Å². The van der Waals surface area contributed by atoms with Crippen molar-refractivity contribution in [1.29, 1.82) is 5.26 Å². The molecule has 1 aliphatic rings. The van der Waals surface area contributed by atoms with Gasteiger partial charge < -0.3 is 20.8 Å². The molecule has 0 radical (unpaired) electrons. The van der Waals surface area contributed by atoms with E-state index in [9.17, 15) is 19.6 Å². The van der Waals surface area contributed by atoms with E-state index >= 15 is 0 Å². The smallest absolute Gasteiger partial charge is 0.303 e. The molecular formula is C28H29N5O5. The third-order valence-corrected chi connectivity index (χ3v) is 6.18. The van der Waals surface area contributed by atoms with E-state index in [4.69, 9.17) is 10.2 Å². The van der Waals surface area contributed by atoms with Gasteiger partial charge in [-0.05, 0) is 60.4 Å². The highest BCUT2D eigenvalue weighted by atomic mass is 16.4. The van der Waals surface area contributed by atoms with Crippen LogP contribution in [0.5, 0.6) is 0 Å². The number of nitrogens with one attached hydrogen (secondary N) is 2. The molecule has 0 spiro atoms. The topological polar surface area (TPSA) is 165 Å². The minimum absolute atomic E-state index is 0.232. The highest BCUT2D eigenvalue weighted by molar-refractivity contribution is 6.07. The maximum absolute atomic E-state index is 12.9. The van der Waals surface area contributed by atoms with Crippen molar-refractivity contribution >= 4 is 29.4 Å². The van der Waals surface area contributed by atoms with Crippen LogP contribution in [0.4, 0.5) is 11.5 Å². The zero-order chi connectivity index (χ0) is 27.4. The fourth-order valence-electron chi connectivity index (χ4n) is 4.14. The zero-order valence-electron chi connectivity index (χ0n) is 20.8. The van der Waals surface area contributed by atoms with Gasteiger partial charge in [0.2, 0.25) is 0 Å². The van der Waals surface area contributed by atoms with Gasteiger partial charge in [-0.2, -0.15) is 5.26 Å². The number of pyridine rings is 2. The van der Waals surface area contributed by atoms with Crippen LogP contribution in [-0.2, 0) is 21.5 Å². The second-order valence-electron chi connectivity index (χ2n) is 8.83. The average Bonchev–Trinajstić information content (AvgIpc) is 3.43. The number of carboxylic acid groups (broad SMARTS) is 2. The van der Waals surface area contributed by atoms with Crippen molar-refractivity contribution in [2.24, 2.45) is 0 Å². The van der Waals surface area contributed by atoms with Crippen LogP contribution in [0, 0.1) is 11.3 Å². The molecule has 0 saturated heterocycles. The molecule has 2 heterocycles. The standard InChI is InChI=1S/C24H23N5O.C4H6O4/c25-17-24(11-1-2-12-24)19-5-7-20(8-6-19)29-23(30)21-4-3-13-27-22(21)28-16-18-9-14-26-15-10-18;5-3(6)1-2-4(7)8/h3-10,13-15H,1-2,11-12,16H2,(H,27,28)(H,29,30);1-2H2,(H,5,6)(H,7,8). The van der Waals surface area contributed by atoms with Gasteiger partial charge in [0.05, 0.1) is 29.9 Å². The number of nitriles is 1. The molecule has 10 nitrogen and oxygen atoms in total. The van der Waals surface area contributed by atoms with Gasteiger partial charge in [0.15, 0.2) is 0 Å². The summed E-state index contributed by atoms with van der Waals surface area (Å²) in [6.07, 6.45) is 8.50. The summed E-state index contributed by atoms with van der Waals surface area (Å²) in [6, 6.07) is 17.5. The molecule has 0 bridgehead atoms. The van der Waals surface area contributed by atoms with Crippen LogP contribution in [-0.4, -0.2) is 38.0 Å². The maximum atomic E-state index is 12.9. The number of aliphatic carboxylic acids is 2. The normalized spacial score (nSPS) is 13.3. The number of hydrogen-bond acceptors (Lipinski definition) is 7. The van der Waals surface area contributed by atoms with Gasteiger partial charge in [-0.15, -0.1) is 0 Å². The van der Waals surface area contributed by atoms with Crippen molar-refractivity contribution in [3.8, 4) is 6.07 Å². The van der Waals surface area contributed by atoms with Crippen molar-refractivity contribution in [2.45, 2.75) is 50.5 Å². The van der Waals surface area contributed by atoms with Crippen LogP contribution in [0.1, 0.15) is 60.0 Å². The fourth-order valence-corrected chi connectivity index (χ4v) is 4.14. The molecule has 10 heteroatoms. The Morgan fingerprint density at radius 2 is 1.55 bits per heavy atom. The molecule has 1 saturated carbocycles. The van der Waals surface area contributed by atoms with E-state index in [1.165, 1.54) is 0 Å². The monoisotopic (exact) mass is 515 g/mol. The lowest BCUT2D eigenvalue weighted by Crippen LogP contribution is -2.19. The van der Waals surface area contributed by atoms with Crippen LogP contribution in [0.3, 0.4) is 0 Å². The lowest BCUT2D eigenvalue weighted by atomic mass is 9.80. The third-order valence-electron chi connectivity index (χ3n) is 6.18. The fraction of sp³-hybridized carbons (Fsp3) is 0.286. The second-order valence-corrected chi connectivity index (χ2v) is 8.83. The summed E-state index contributed by atoms with van der Waals surface area (Å²) in [7, 11) is 0. The predicted octanol–water partition coefficient (Wildman–Crippen LogP) is 4.61. The molecule has 1 aliphatic carbocycles. The largest absolute Gasteiger partial charge is 0.481 e. The Labute approximate surface area is 220 Å². The molecule has 1 aromatic carbocycles. The Morgan fingerprint density at radius 3 is 2.13 bits per heavy atom. The van der Waals surface area contributed by atoms with Gasteiger partial charge in [-0.25, -0.2) is 4.98 Å². The predicted molar refractivity (Wildman–Crippen MR) is 140 cm³/mol. The molecule has 38 heavy (non-hydrogen) atoms. The van der Waals surface area contributed by atoms with E-state index in [-0.39, 0.29) is 24.2 Å². The van der Waals surface area contributed by atoms with Crippen LogP contribution < -0.4 is 10.6 Å². The summed E-state index contributed by atoms with van der Waals surface area (Å²) >= 11 is 0. The van der Waals surface area contributed by atoms with E-state index in [0.717, 1.165) is 36.8 Å². The van der Waals surface area contributed by atoms with Gasteiger partial charge >= 0.3 is 11.9 Å². The first-order valence-corrected chi connectivity index (χ1v) is 12.2. The molecule has 4 N–H and O–H groups in total. The quantitative estimate of drug-likeness (QED) is 0.318. The summed E-state index contributed by atoms with van der Waals surface area (Å²) in [4.78, 5) is 40.5. The number of hydrogen-bond donors (Lipinski definition) is 4. The summed E-state index contributed by atoms with van der Waals surface area (Å²) < 4.78 is 0. The number of rotatable bonds is 9. The average molecular weight is 516 g/mol. The summed E-state index contributed by atoms with van der Waals surface area (Å²) in [6.45, 7) is 0.546. The lowest BCUT2D eigenvalue weighted by Gasteiger charge is -2.21. The van der Waals surface area contributed by atoms with Crippen molar-refractivity contribution in [3.05, 3.63) is 83.8 Å². The van der Waals surface area contributed by atoms with Crippen molar-refractivity contribution in [2.75, 3.05) is 10.6 Å². The first-order chi connectivity index (χ1) is 18.3. The first kappa shape index (κ1) is 27.8. The van der Waals surface area contributed by atoms with Crippen LogP contribution in [0.2, 0.25) is 0 Å². The van der Waals surface area contributed by atoms with Crippen LogP contribution in [0.15, 0.2) is 67.1 Å². The number of carbonyl (C=O) groups is 3. The number of aromatic nitrogens is 2. The zero-order valence-corrected chi connectivity index (χ0v) is 20.8. The lowest BCUT2D eigenvalue weighted by molar-refractivity contribution is -0.143. The maximum Gasteiger partial charge on any atom is 0.303 e. The summed E-state index contributed by atoms with van der Waals surface area (Å²) in [5.74, 6) is -1.86. The SMILES string of the molecule is N#CC1(c2ccc(NC(=O)c3cccnc3NCc3ccncc3)cc2)CCCC1.O=C(O)CCC(=O)O. The van der Waals surface area contributed by atoms with Crippen molar-refractivity contribution in [1.82, 2.24) is 9.97 Å². The van der Waals surface area contributed by atoms with Crippen LogP contribution in [0.25, 0.3) is 0 Å². The number of carboxylic acids is 2. The molecule has 0 unspecified atom stereocenters. The third kappa shape index (κ3) is 7.86. The highest BCUT2D eigenvalue weighted by Gasteiger charge is 2.35. The Hall–Kier alpha value is -4.78. The van der Waals surface area contributed by atoms with E-state index in [2.05, 4.69) is 26.7 Å². The van der Waals surface area contributed by atoms with Gasteiger partial charge in [0.1, 0.15) is 5.82 Å². The molecule has 0 aliphatic heterocycles. The molecular weight excluding hydrogens is 486 g/mol. The summed E-state index contributed by atoms with van der Waals surface area (Å²) in [5.41, 5.74) is 2.87. The Kier molecular flexibility index (Phi) is 9.88. The minimum Gasteiger partial charge on any atom is -0.481 e. The molecule has 1 amide bonds. The number of benzene rings is 1. The number of carbonyl (C=O) groups excluding carboxylic acids is 1. The number of amides is 1. The first-order valence-electron chi connectivity index (χ1n) is 12.2. The highest BCUT2D eigenvalue weighted by Crippen LogP contribution is 2.40. The molecule has 196 valence electrons. The van der Waals surface area contributed by atoms with E-state index in [1.807, 2.05) is 36.4 Å². The Balaban J connectivity index is 0.000000436. The van der Waals surface area contributed by atoms with E-state index < -0.39 is 11.9 Å². The van der Waals surface area contributed by atoms with Crippen molar-refractivity contribution in [3.63, 3.8) is 0 Å². The van der Waals surface area contributed by atoms with E-state index in [1.54, 1.807) is 30.7 Å². The molecule has 0 atom stereocenters. The molecule has 1 fully saturated rings. The van der Waals surface area contributed by atoms with Gasteiger partial charge in [0, 0.05) is 30.8 Å². The Bertz CT molecular complexity index is 1270. The molecule has 2 aromatic heterocycles. The second kappa shape index (κ2) is 13.5. The molecule has 3 aromatic rings. The van der Waals surface area contributed by atoms with Crippen LogP contribution >= 0.6 is 0 Å².